The lowest BCUT2D eigenvalue weighted by Gasteiger charge is -2.05. The monoisotopic (exact) mass is 299 g/mol. The van der Waals surface area contributed by atoms with E-state index in [9.17, 15) is 9.90 Å². The van der Waals surface area contributed by atoms with Crippen LogP contribution in [0.3, 0.4) is 0 Å². The first-order valence-electron chi connectivity index (χ1n) is 6.40. The number of carbonyl (C=O) groups is 1. The maximum absolute atomic E-state index is 11.4. The average Bonchev–Trinajstić information content (AvgIpc) is 3.10. The van der Waals surface area contributed by atoms with E-state index >= 15 is 0 Å². The fourth-order valence-electron chi connectivity index (χ4n) is 2.12. The maximum Gasteiger partial charge on any atom is 0.339 e. The van der Waals surface area contributed by atoms with E-state index < -0.39 is 5.97 Å². The molecule has 0 amide bonds. The van der Waals surface area contributed by atoms with Gasteiger partial charge in [-0.2, -0.15) is 5.10 Å². The third-order valence-corrected chi connectivity index (χ3v) is 4.00. The van der Waals surface area contributed by atoms with Crippen molar-refractivity contribution in [2.75, 3.05) is 0 Å². The molecule has 6 heteroatoms. The van der Waals surface area contributed by atoms with Crippen LogP contribution in [0, 0.1) is 6.92 Å². The fourth-order valence-corrected chi connectivity index (χ4v) is 2.75. The number of thiazole rings is 1. The number of aromatic nitrogens is 3. The molecule has 0 aliphatic heterocycles. The molecule has 0 saturated carbocycles. The molecule has 0 aliphatic rings. The van der Waals surface area contributed by atoms with Crippen molar-refractivity contribution in [2.24, 2.45) is 0 Å². The Balaban J connectivity index is 2.00. The summed E-state index contributed by atoms with van der Waals surface area (Å²) in [5, 5.41) is 16.1. The zero-order chi connectivity index (χ0) is 14.8. The van der Waals surface area contributed by atoms with Gasteiger partial charge in [0.05, 0.1) is 6.54 Å². The van der Waals surface area contributed by atoms with Crippen molar-refractivity contribution in [3.05, 3.63) is 58.7 Å². The summed E-state index contributed by atoms with van der Waals surface area (Å²) in [6.07, 6.45) is 3.21. The van der Waals surface area contributed by atoms with Gasteiger partial charge in [0.2, 0.25) is 0 Å². The molecule has 5 nitrogen and oxygen atoms in total. The van der Waals surface area contributed by atoms with Crippen LogP contribution < -0.4 is 0 Å². The maximum atomic E-state index is 11.4. The van der Waals surface area contributed by atoms with Crippen LogP contribution in [0.1, 0.15) is 21.5 Å². The minimum absolute atomic E-state index is 0.179. The van der Waals surface area contributed by atoms with Crippen molar-refractivity contribution in [1.29, 1.82) is 0 Å². The predicted octanol–water partition coefficient (Wildman–Crippen LogP) is 3.06. The first kappa shape index (κ1) is 13.5. The normalized spacial score (nSPS) is 10.7. The molecule has 2 heterocycles. The fraction of sp³-hybridized carbons (Fsp3) is 0.133. The van der Waals surface area contributed by atoms with Gasteiger partial charge in [0.15, 0.2) is 0 Å². The zero-order valence-corrected chi connectivity index (χ0v) is 12.2. The van der Waals surface area contributed by atoms with E-state index in [-0.39, 0.29) is 5.56 Å². The van der Waals surface area contributed by atoms with Crippen LogP contribution in [0.2, 0.25) is 0 Å². The number of rotatable bonds is 4. The highest BCUT2D eigenvalue weighted by atomic mass is 32.1. The summed E-state index contributed by atoms with van der Waals surface area (Å²) in [6, 6.07) is 7.98. The van der Waals surface area contributed by atoms with E-state index in [0.29, 0.717) is 17.2 Å². The van der Waals surface area contributed by atoms with Crippen LogP contribution in [0.5, 0.6) is 0 Å². The van der Waals surface area contributed by atoms with Crippen molar-refractivity contribution >= 4 is 17.3 Å². The topological polar surface area (TPSA) is 68.0 Å². The lowest BCUT2D eigenvalue weighted by molar-refractivity contribution is 0.0697. The Labute approximate surface area is 125 Å². The summed E-state index contributed by atoms with van der Waals surface area (Å²) >= 11 is 1.38. The molecule has 3 rings (SSSR count). The number of carboxylic acid groups (broad SMARTS) is 1. The Morgan fingerprint density at radius 3 is 2.86 bits per heavy atom. The molecule has 1 aromatic carbocycles. The highest BCUT2D eigenvalue weighted by molar-refractivity contribution is 7.13. The van der Waals surface area contributed by atoms with E-state index in [1.807, 2.05) is 31.2 Å². The molecule has 0 spiro atoms. The van der Waals surface area contributed by atoms with E-state index in [1.54, 1.807) is 22.5 Å². The summed E-state index contributed by atoms with van der Waals surface area (Å²) in [5.41, 5.74) is 2.87. The van der Waals surface area contributed by atoms with Crippen LogP contribution in [-0.2, 0) is 6.54 Å². The number of nitrogens with zero attached hydrogens (tertiary/aromatic N) is 3. The van der Waals surface area contributed by atoms with Gasteiger partial charge in [-0.3, -0.25) is 4.68 Å². The van der Waals surface area contributed by atoms with E-state index in [0.717, 1.165) is 11.1 Å². The van der Waals surface area contributed by atoms with Gasteiger partial charge in [0.1, 0.15) is 16.3 Å². The third kappa shape index (κ3) is 2.71. The molecular weight excluding hydrogens is 286 g/mol. The first-order chi connectivity index (χ1) is 10.1. The molecule has 0 unspecified atom stereocenters. The van der Waals surface area contributed by atoms with Gasteiger partial charge in [-0.15, -0.1) is 11.3 Å². The van der Waals surface area contributed by atoms with Crippen LogP contribution in [0.15, 0.2) is 42.0 Å². The van der Waals surface area contributed by atoms with Crippen molar-refractivity contribution < 1.29 is 9.90 Å². The molecule has 2 aromatic heterocycles. The smallest absolute Gasteiger partial charge is 0.339 e. The minimum atomic E-state index is -0.990. The molecular formula is C15H13N3O2S. The SMILES string of the molecule is Cc1ccccc1Cn1cc(C(=O)O)c(-c2nccs2)n1. The summed E-state index contributed by atoms with van der Waals surface area (Å²) in [7, 11) is 0. The molecule has 1 N–H and O–H groups in total. The predicted molar refractivity (Wildman–Crippen MR) is 80.6 cm³/mol. The third-order valence-electron chi connectivity index (χ3n) is 3.22. The highest BCUT2D eigenvalue weighted by Gasteiger charge is 2.19. The summed E-state index contributed by atoms with van der Waals surface area (Å²) in [4.78, 5) is 15.5. The molecule has 0 bridgehead atoms. The Kier molecular flexibility index (Phi) is 3.53. The standard InChI is InChI=1S/C15H13N3O2S/c1-10-4-2-3-5-11(10)8-18-9-12(15(19)20)13(17-18)14-16-6-7-21-14/h2-7,9H,8H2,1H3,(H,19,20). The van der Waals surface area contributed by atoms with Gasteiger partial charge >= 0.3 is 5.97 Å². The quantitative estimate of drug-likeness (QED) is 0.804. The Bertz CT molecular complexity index is 778. The molecule has 0 atom stereocenters. The number of hydrogen-bond donors (Lipinski definition) is 1. The lowest BCUT2D eigenvalue weighted by atomic mass is 10.1. The van der Waals surface area contributed by atoms with Crippen LogP contribution in [0.4, 0.5) is 0 Å². The average molecular weight is 299 g/mol. The summed E-state index contributed by atoms with van der Waals surface area (Å²) in [5.74, 6) is -0.990. The minimum Gasteiger partial charge on any atom is -0.478 e. The van der Waals surface area contributed by atoms with Crippen LogP contribution >= 0.6 is 11.3 Å². The number of benzene rings is 1. The van der Waals surface area contributed by atoms with E-state index in [1.165, 1.54) is 11.3 Å². The van der Waals surface area contributed by atoms with Crippen molar-refractivity contribution in [3.8, 4) is 10.7 Å². The van der Waals surface area contributed by atoms with Gasteiger partial charge in [0.25, 0.3) is 0 Å². The van der Waals surface area contributed by atoms with Gasteiger partial charge in [0, 0.05) is 17.8 Å². The number of aromatic carboxylic acids is 1. The van der Waals surface area contributed by atoms with Crippen LogP contribution in [0.25, 0.3) is 10.7 Å². The number of aryl methyl sites for hydroxylation is 1. The molecule has 0 saturated heterocycles. The molecule has 0 aliphatic carbocycles. The van der Waals surface area contributed by atoms with Crippen LogP contribution in [-0.4, -0.2) is 25.8 Å². The Morgan fingerprint density at radius 2 is 2.19 bits per heavy atom. The second-order valence-corrected chi connectivity index (χ2v) is 5.55. The molecule has 106 valence electrons. The molecule has 0 fully saturated rings. The largest absolute Gasteiger partial charge is 0.478 e. The number of carboxylic acids is 1. The summed E-state index contributed by atoms with van der Waals surface area (Å²) < 4.78 is 1.66. The molecule has 3 aromatic rings. The van der Waals surface area contributed by atoms with Gasteiger partial charge in [-0.1, -0.05) is 24.3 Å². The van der Waals surface area contributed by atoms with Gasteiger partial charge < -0.3 is 5.11 Å². The van der Waals surface area contributed by atoms with Crippen molar-refractivity contribution in [3.63, 3.8) is 0 Å². The zero-order valence-electron chi connectivity index (χ0n) is 11.4. The van der Waals surface area contributed by atoms with Crippen molar-refractivity contribution in [2.45, 2.75) is 13.5 Å². The molecule has 21 heavy (non-hydrogen) atoms. The Morgan fingerprint density at radius 1 is 1.38 bits per heavy atom. The molecule has 0 radical (unpaired) electrons. The van der Waals surface area contributed by atoms with E-state index in [2.05, 4.69) is 10.1 Å². The van der Waals surface area contributed by atoms with E-state index in [4.69, 9.17) is 0 Å². The Hall–Kier alpha value is -2.47. The van der Waals surface area contributed by atoms with Crippen molar-refractivity contribution in [1.82, 2.24) is 14.8 Å². The van der Waals surface area contributed by atoms with Gasteiger partial charge in [-0.25, -0.2) is 9.78 Å². The lowest BCUT2D eigenvalue weighted by Crippen LogP contribution is -2.02. The second kappa shape index (κ2) is 5.49. The van der Waals surface area contributed by atoms with Gasteiger partial charge in [-0.05, 0) is 18.1 Å². The number of hydrogen-bond acceptors (Lipinski definition) is 4. The second-order valence-electron chi connectivity index (χ2n) is 4.66. The first-order valence-corrected chi connectivity index (χ1v) is 7.28. The summed E-state index contributed by atoms with van der Waals surface area (Å²) in [6.45, 7) is 2.57. The highest BCUT2D eigenvalue weighted by Crippen LogP contribution is 2.24.